The Kier molecular flexibility index (Phi) is 13.0. The van der Waals surface area contributed by atoms with E-state index in [4.69, 9.17) is 0 Å². The highest BCUT2D eigenvalue weighted by molar-refractivity contribution is 7.89. The molecule has 2 rings (SSSR count). The lowest BCUT2D eigenvalue weighted by atomic mass is 9.85. The quantitative estimate of drug-likeness (QED) is 0.239. The predicted molar refractivity (Wildman–Crippen MR) is 162 cm³/mol. The first-order valence-corrected chi connectivity index (χ1v) is 15.4. The zero-order valence-corrected chi connectivity index (χ0v) is 25.7. The van der Waals surface area contributed by atoms with Gasteiger partial charge in [-0.25, -0.2) is 8.42 Å². The number of aliphatic hydroxyl groups excluding tert-OH is 1. The van der Waals surface area contributed by atoms with Gasteiger partial charge in [0.25, 0.3) is 0 Å². The molecule has 0 aliphatic heterocycles. The summed E-state index contributed by atoms with van der Waals surface area (Å²) in [5.41, 5.74) is 0.221. The van der Waals surface area contributed by atoms with Gasteiger partial charge in [-0.2, -0.15) is 4.31 Å². The second kappa shape index (κ2) is 15.7. The van der Waals surface area contributed by atoms with E-state index in [2.05, 4.69) is 22.5 Å². The first-order chi connectivity index (χ1) is 19.3. The molecule has 0 heterocycles. The molecule has 2 aromatic rings. The molecule has 2 amide bonds. The zero-order valence-electron chi connectivity index (χ0n) is 24.8. The van der Waals surface area contributed by atoms with Crippen LogP contribution in [0.1, 0.15) is 46.6 Å². The van der Waals surface area contributed by atoms with Gasteiger partial charge in [0.1, 0.15) is 6.04 Å². The van der Waals surface area contributed by atoms with Crippen LogP contribution in [-0.4, -0.2) is 67.5 Å². The molecule has 0 radical (unpaired) electrons. The van der Waals surface area contributed by atoms with E-state index in [9.17, 15) is 23.1 Å². The Bertz CT molecular complexity index is 1210. The number of carbonyl (C=O) groups excluding carboxylic acids is 2. The standard InChI is InChI=1S/C31H46N4O5S/c1-7-32-21-28(37)34-29(31(4,5)6)30(38)33-26(20-24-14-10-8-11-15-24)27(36)22-35(19-18-23(2)3)41(39,40)25-16-12-9-13-17-25/h7-17,23,26-27,29,32,36H,1,18-22H2,2-6H3,(H,33,38)(H,34,37)/t26-,27+,29+/m0/s1. The second-order valence-electron chi connectivity index (χ2n) is 11.7. The molecule has 0 unspecified atom stereocenters. The molecule has 0 aromatic heterocycles. The minimum atomic E-state index is -3.90. The summed E-state index contributed by atoms with van der Waals surface area (Å²) in [4.78, 5) is 26.2. The van der Waals surface area contributed by atoms with Gasteiger partial charge in [-0.05, 0) is 48.1 Å². The van der Waals surface area contributed by atoms with Gasteiger partial charge in [0, 0.05) is 13.1 Å². The van der Waals surface area contributed by atoms with Crippen molar-refractivity contribution in [2.75, 3.05) is 19.6 Å². The molecule has 0 aliphatic rings. The van der Waals surface area contributed by atoms with Crippen LogP contribution in [0.3, 0.4) is 0 Å². The second-order valence-corrected chi connectivity index (χ2v) is 13.6. The van der Waals surface area contributed by atoms with E-state index in [-0.39, 0.29) is 42.8 Å². The topological polar surface area (TPSA) is 128 Å². The Morgan fingerprint density at radius 1 is 1.00 bits per heavy atom. The summed E-state index contributed by atoms with van der Waals surface area (Å²) in [6, 6.07) is 15.8. The highest BCUT2D eigenvalue weighted by Crippen LogP contribution is 2.22. The van der Waals surface area contributed by atoms with Crippen LogP contribution >= 0.6 is 0 Å². The number of hydrogen-bond acceptors (Lipinski definition) is 6. The number of hydrogen-bond donors (Lipinski definition) is 4. The third kappa shape index (κ3) is 10.9. The summed E-state index contributed by atoms with van der Waals surface area (Å²) >= 11 is 0. The molecule has 41 heavy (non-hydrogen) atoms. The molecule has 10 heteroatoms. The van der Waals surface area contributed by atoms with Gasteiger partial charge in [-0.3, -0.25) is 9.59 Å². The number of benzene rings is 2. The van der Waals surface area contributed by atoms with Crippen molar-refractivity contribution >= 4 is 21.8 Å². The maximum Gasteiger partial charge on any atom is 0.243 e. The number of nitrogens with one attached hydrogen (secondary N) is 3. The molecule has 0 aliphatic carbocycles. The molecular formula is C31H46N4O5S. The van der Waals surface area contributed by atoms with E-state index in [1.165, 1.54) is 22.6 Å². The van der Waals surface area contributed by atoms with Gasteiger partial charge in [0.05, 0.1) is 23.6 Å². The summed E-state index contributed by atoms with van der Waals surface area (Å²) in [6.45, 7) is 13.0. The molecule has 0 saturated carbocycles. The zero-order chi connectivity index (χ0) is 30.6. The van der Waals surface area contributed by atoms with E-state index in [1.807, 2.05) is 65.0 Å². The summed E-state index contributed by atoms with van der Waals surface area (Å²) < 4.78 is 28.5. The largest absolute Gasteiger partial charge is 0.390 e. The SMILES string of the molecule is C=CNCC(=O)N[C@H](C(=O)N[C@@H](Cc1ccccc1)[C@H](O)CN(CCC(C)C)S(=O)(=O)c1ccccc1)C(C)(C)C. The van der Waals surface area contributed by atoms with Crippen LogP contribution in [0.25, 0.3) is 0 Å². The van der Waals surface area contributed by atoms with Crippen LogP contribution in [0.2, 0.25) is 0 Å². The van der Waals surface area contributed by atoms with E-state index in [0.29, 0.717) is 6.42 Å². The van der Waals surface area contributed by atoms with Crippen molar-refractivity contribution in [1.82, 2.24) is 20.3 Å². The number of sulfonamides is 1. The van der Waals surface area contributed by atoms with Crippen molar-refractivity contribution in [3.63, 3.8) is 0 Å². The Hall–Kier alpha value is -3.21. The third-order valence-electron chi connectivity index (χ3n) is 6.66. The fourth-order valence-electron chi connectivity index (χ4n) is 4.26. The highest BCUT2D eigenvalue weighted by Gasteiger charge is 2.36. The lowest BCUT2D eigenvalue weighted by Gasteiger charge is -2.34. The van der Waals surface area contributed by atoms with Crippen molar-refractivity contribution in [1.29, 1.82) is 0 Å². The number of nitrogens with zero attached hydrogens (tertiary/aromatic N) is 1. The first-order valence-electron chi connectivity index (χ1n) is 14.0. The average molecular weight is 587 g/mol. The van der Waals surface area contributed by atoms with Gasteiger partial charge in [-0.1, -0.05) is 89.7 Å². The van der Waals surface area contributed by atoms with Crippen LogP contribution in [0, 0.1) is 11.3 Å². The Morgan fingerprint density at radius 3 is 2.12 bits per heavy atom. The summed E-state index contributed by atoms with van der Waals surface area (Å²) in [7, 11) is -3.90. The summed E-state index contributed by atoms with van der Waals surface area (Å²) in [6.07, 6.45) is 1.03. The van der Waals surface area contributed by atoms with E-state index in [0.717, 1.165) is 5.56 Å². The van der Waals surface area contributed by atoms with Gasteiger partial charge < -0.3 is 21.1 Å². The first kappa shape index (κ1) is 34.0. The molecule has 4 N–H and O–H groups in total. The van der Waals surface area contributed by atoms with Crippen LogP contribution in [0.15, 0.2) is 78.3 Å². The smallest absolute Gasteiger partial charge is 0.243 e. The van der Waals surface area contributed by atoms with Crippen LogP contribution in [0.5, 0.6) is 0 Å². The monoisotopic (exact) mass is 586 g/mol. The number of carbonyl (C=O) groups is 2. The van der Waals surface area contributed by atoms with Crippen LogP contribution < -0.4 is 16.0 Å². The van der Waals surface area contributed by atoms with Gasteiger partial charge in [0.2, 0.25) is 21.8 Å². The van der Waals surface area contributed by atoms with Crippen LogP contribution in [-0.2, 0) is 26.0 Å². The highest BCUT2D eigenvalue weighted by atomic mass is 32.2. The van der Waals surface area contributed by atoms with Crippen molar-refractivity contribution in [2.45, 2.75) is 70.5 Å². The summed E-state index contributed by atoms with van der Waals surface area (Å²) in [5.74, 6) is -0.606. The Morgan fingerprint density at radius 2 is 1.59 bits per heavy atom. The third-order valence-corrected chi connectivity index (χ3v) is 8.54. The molecule has 9 nitrogen and oxygen atoms in total. The van der Waals surface area contributed by atoms with Gasteiger partial charge in [0.15, 0.2) is 0 Å². The maximum atomic E-state index is 13.6. The number of rotatable bonds is 16. The number of amides is 2. The molecule has 3 atom stereocenters. The Balaban J connectivity index is 2.37. The molecule has 0 fully saturated rings. The lowest BCUT2D eigenvalue weighted by Crippen LogP contribution is -2.59. The van der Waals surface area contributed by atoms with Crippen molar-refractivity contribution < 1.29 is 23.1 Å². The minimum Gasteiger partial charge on any atom is -0.390 e. The fourth-order valence-corrected chi connectivity index (χ4v) is 5.75. The van der Waals surface area contributed by atoms with E-state index >= 15 is 0 Å². The van der Waals surface area contributed by atoms with Crippen molar-refractivity contribution in [3.8, 4) is 0 Å². The normalized spacial score (nSPS) is 14.2. The molecule has 0 saturated heterocycles. The molecule has 0 spiro atoms. The lowest BCUT2D eigenvalue weighted by molar-refractivity contribution is -0.132. The fraction of sp³-hybridized carbons (Fsp3) is 0.484. The average Bonchev–Trinajstić information content (AvgIpc) is 2.92. The maximum absolute atomic E-state index is 13.6. The summed E-state index contributed by atoms with van der Waals surface area (Å²) in [5, 5.41) is 19.9. The van der Waals surface area contributed by atoms with Crippen molar-refractivity contribution in [2.24, 2.45) is 11.3 Å². The molecule has 0 bridgehead atoms. The number of aliphatic hydroxyl groups is 1. The molecule has 2 aromatic carbocycles. The minimum absolute atomic E-state index is 0.0401. The van der Waals surface area contributed by atoms with Crippen LogP contribution in [0.4, 0.5) is 0 Å². The van der Waals surface area contributed by atoms with Gasteiger partial charge >= 0.3 is 0 Å². The molecular weight excluding hydrogens is 540 g/mol. The van der Waals surface area contributed by atoms with Crippen molar-refractivity contribution in [3.05, 3.63) is 79.0 Å². The molecule has 226 valence electrons. The van der Waals surface area contributed by atoms with E-state index in [1.54, 1.807) is 18.2 Å². The van der Waals surface area contributed by atoms with E-state index < -0.39 is 39.5 Å². The Labute approximate surface area is 245 Å². The predicted octanol–water partition coefficient (Wildman–Crippen LogP) is 3.08. The van der Waals surface area contributed by atoms with Gasteiger partial charge in [-0.15, -0.1) is 0 Å².